The lowest BCUT2D eigenvalue weighted by atomic mass is 9.99. The van der Waals surface area contributed by atoms with Crippen molar-refractivity contribution in [3.63, 3.8) is 0 Å². The van der Waals surface area contributed by atoms with Crippen LogP contribution in [-0.2, 0) is 0 Å². The molecule has 1 aliphatic heterocycles. The molecule has 0 N–H and O–H groups in total. The molecule has 212 valence electrons. The van der Waals surface area contributed by atoms with Gasteiger partial charge in [-0.15, -0.1) is 11.3 Å². The second kappa shape index (κ2) is 10.2. The summed E-state index contributed by atoms with van der Waals surface area (Å²) in [5.74, 6) is 0. The molecule has 0 fully saturated rings. The van der Waals surface area contributed by atoms with Crippen molar-refractivity contribution in [2.45, 2.75) is 0 Å². The number of anilines is 2. The zero-order valence-corrected chi connectivity index (χ0v) is 25.3. The highest BCUT2D eigenvalue weighted by Crippen LogP contribution is 2.45. The van der Waals surface area contributed by atoms with E-state index in [4.69, 9.17) is 0 Å². The summed E-state index contributed by atoms with van der Waals surface area (Å²) in [5, 5.41) is 5.05. The van der Waals surface area contributed by atoms with Crippen LogP contribution in [0, 0.1) is 0 Å². The molecule has 6 aromatic carbocycles. The first kappa shape index (κ1) is 25.8. The maximum atomic E-state index is 4.52. The van der Waals surface area contributed by atoms with Crippen LogP contribution in [0.2, 0.25) is 0 Å². The zero-order chi connectivity index (χ0) is 29.9. The van der Waals surface area contributed by atoms with E-state index in [1.807, 2.05) is 11.3 Å². The molecule has 0 saturated heterocycles. The first-order valence-electron chi connectivity index (χ1n) is 15.2. The fourth-order valence-corrected chi connectivity index (χ4v) is 8.07. The summed E-state index contributed by atoms with van der Waals surface area (Å²) in [7, 11) is 0. The van der Waals surface area contributed by atoms with Crippen molar-refractivity contribution in [1.82, 2.24) is 4.57 Å². The Hall–Kier alpha value is -5.64. The number of fused-ring (bicyclic) bond motifs is 8. The Morgan fingerprint density at radius 1 is 0.533 bits per heavy atom. The first-order chi connectivity index (χ1) is 22.2. The van der Waals surface area contributed by atoms with Gasteiger partial charge in [0.05, 0.1) is 16.7 Å². The van der Waals surface area contributed by atoms with Gasteiger partial charge in [0.25, 0.3) is 0 Å². The number of thiophene rings is 1. The van der Waals surface area contributed by atoms with Crippen molar-refractivity contribution in [2.24, 2.45) is 0 Å². The third-order valence-electron chi connectivity index (χ3n) is 8.90. The van der Waals surface area contributed by atoms with Crippen LogP contribution in [-0.4, -0.2) is 4.57 Å². The van der Waals surface area contributed by atoms with E-state index in [2.05, 4.69) is 174 Å². The van der Waals surface area contributed by atoms with Gasteiger partial charge >= 0.3 is 0 Å². The summed E-state index contributed by atoms with van der Waals surface area (Å²) >= 11 is 1.85. The largest absolute Gasteiger partial charge is 0.317 e. The third kappa shape index (κ3) is 4.09. The van der Waals surface area contributed by atoms with E-state index in [0.717, 1.165) is 16.9 Å². The molecule has 0 spiro atoms. The van der Waals surface area contributed by atoms with E-state index in [1.54, 1.807) is 0 Å². The SMILES string of the molecule is C=C1/C=C\C=C/N(c2ccccc2)c2ccc3c(sc4ccc(-n5c6ccccc6c6cc(-c7ccccc7)ccc65)cc43)c21. The van der Waals surface area contributed by atoms with Crippen LogP contribution < -0.4 is 4.90 Å². The van der Waals surface area contributed by atoms with Gasteiger partial charge in [0.15, 0.2) is 0 Å². The fraction of sp³-hybridized carbons (Fsp3) is 0. The van der Waals surface area contributed by atoms with Crippen LogP contribution in [0.25, 0.3) is 64.4 Å². The lowest BCUT2D eigenvalue weighted by Gasteiger charge is -2.25. The number of nitrogens with zero attached hydrogens (tertiary/aromatic N) is 2. The van der Waals surface area contributed by atoms with Crippen molar-refractivity contribution in [2.75, 3.05) is 4.90 Å². The van der Waals surface area contributed by atoms with Gasteiger partial charge in [0.2, 0.25) is 0 Å². The van der Waals surface area contributed by atoms with E-state index in [0.29, 0.717) is 0 Å². The minimum Gasteiger partial charge on any atom is -0.317 e. The lowest BCUT2D eigenvalue weighted by Crippen LogP contribution is -2.11. The Bertz CT molecular complexity index is 2490. The minimum absolute atomic E-state index is 1.02. The number of para-hydroxylation sites is 2. The number of allylic oxidation sites excluding steroid dienone is 4. The maximum Gasteiger partial charge on any atom is 0.0548 e. The van der Waals surface area contributed by atoms with Gasteiger partial charge < -0.3 is 9.47 Å². The van der Waals surface area contributed by atoms with Gasteiger partial charge in [-0.25, -0.2) is 0 Å². The fourth-order valence-electron chi connectivity index (χ4n) is 6.81. The van der Waals surface area contributed by atoms with Crippen molar-refractivity contribution in [3.8, 4) is 16.8 Å². The Morgan fingerprint density at radius 2 is 1.31 bits per heavy atom. The smallest absolute Gasteiger partial charge is 0.0548 e. The number of hydrogen-bond acceptors (Lipinski definition) is 2. The molecule has 1 aliphatic rings. The van der Waals surface area contributed by atoms with Gasteiger partial charge in [-0.05, 0) is 77.4 Å². The predicted octanol–water partition coefficient (Wildman–Crippen LogP) is 12.1. The van der Waals surface area contributed by atoms with Crippen molar-refractivity contribution >= 4 is 70.3 Å². The molecular formula is C42H28N2S. The summed E-state index contributed by atoms with van der Waals surface area (Å²) in [6, 6.07) is 48.2. The summed E-state index contributed by atoms with van der Waals surface area (Å²) in [6.07, 6.45) is 8.42. The van der Waals surface area contributed by atoms with Crippen molar-refractivity contribution < 1.29 is 0 Å². The molecule has 0 saturated carbocycles. The Labute approximate surface area is 265 Å². The Kier molecular flexibility index (Phi) is 5.87. The molecule has 0 atom stereocenters. The molecule has 9 rings (SSSR count). The van der Waals surface area contributed by atoms with Gasteiger partial charge in [-0.2, -0.15) is 0 Å². The molecule has 0 unspecified atom stereocenters. The molecule has 3 heterocycles. The second-order valence-corrected chi connectivity index (χ2v) is 12.6. The molecule has 45 heavy (non-hydrogen) atoms. The topological polar surface area (TPSA) is 8.17 Å². The molecule has 0 bridgehead atoms. The molecule has 2 nitrogen and oxygen atoms in total. The monoisotopic (exact) mass is 592 g/mol. The van der Waals surface area contributed by atoms with Crippen molar-refractivity contribution in [1.29, 1.82) is 0 Å². The normalized spacial score (nSPS) is 14.6. The third-order valence-corrected chi connectivity index (χ3v) is 10.1. The molecule has 0 amide bonds. The number of rotatable bonds is 3. The molecule has 8 aromatic rings. The summed E-state index contributed by atoms with van der Waals surface area (Å²) in [4.78, 5) is 2.26. The predicted molar refractivity (Wildman–Crippen MR) is 195 cm³/mol. The maximum absolute atomic E-state index is 4.52. The summed E-state index contributed by atoms with van der Waals surface area (Å²) in [5.41, 5.74) is 10.5. The highest BCUT2D eigenvalue weighted by molar-refractivity contribution is 7.26. The van der Waals surface area contributed by atoms with Gasteiger partial charge in [0.1, 0.15) is 0 Å². The Morgan fingerprint density at radius 3 is 2.18 bits per heavy atom. The summed E-state index contributed by atoms with van der Waals surface area (Å²) < 4.78 is 4.95. The van der Waals surface area contributed by atoms with Crippen LogP contribution >= 0.6 is 11.3 Å². The molecule has 0 radical (unpaired) electrons. The highest BCUT2D eigenvalue weighted by atomic mass is 32.1. The zero-order valence-electron chi connectivity index (χ0n) is 24.5. The van der Waals surface area contributed by atoms with Crippen LogP contribution in [0.4, 0.5) is 11.4 Å². The quantitative estimate of drug-likeness (QED) is 0.198. The van der Waals surface area contributed by atoms with Gasteiger partial charge in [-0.1, -0.05) is 97.6 Å². The number of hydrogen-bond donors (Lipinski definition) is 0. The summed E-state index contributed by atoms with van der Waals surface area (Å²) in [6.45, 7) is 4.52. The van der Waals surface area contributed by atoms with Crippen LogP contribution in [0.3, 0.4) is 0 Å². The Balaban J connectivity index is 1.26. The molecular weight excluding hydrogens is 565 g/mol. The van der Waals surface area contributed by atoms with Gasteiger partial charge in [0, 0.05) is 54.1 Å². The van der Waals surface area contributed by atoms with E-state index < -0.39 is 0 Å². The first-order valence-corrected chi connectivity index (χ1v) is 16.0. The van der Waals surface area contributed by atoms with Crippen LogP contribution in [0.5, 0.6) is 0 Å². The van der Waals surface area contributed by atoms with E-state index >= 15 is 0 Å². The second-order valence-electron chi connectivity index (χ2n) is 11.5. The average molecular weight is 593 g/mol. The number of benzene rings is 6. The number of aromatic nitrogens is 1. The van der Waals surface area contributed by atoms with E-state index in [-0.39, 0.29) is 0 Å². The van der Waals surface area contributed by atoms with Crippen molar-refractivity contribution in [3.05, 3.63) is 170 Å². The molecule has 0 aliphatic carbocycles. The minimum atomic E-state index is 1.02. The van der Waals surface area contributed by atoms with Crippen LogP contribution in [0.15, 0.2) is 164 Å². The molecule has 3 heteroatoms. The van der Waals surface area contributed by atoms with E-state index in [9.17, 15) is 0 Å². The molecule has 2 aromatic heterocycles. The average Bonchev–Trinajstić information content (AvgIpc) is 3.62. The standard InChI is InChI=1S/C42H28N2S/c1-28-12-10-11-25-43(31-15-6-3-7-16-31)39-23-21-34-36-27-32(20-24-40(36)45-42(34)41(28)39)44-37-18-9-8-17-33(37)35-26-30(19-22-38(35)44)29-13-4-2-5-14-29/h2-27H,1H2/b12-10-,25-11-. The highest BCUT2D eigenvalue weighted by Gasteiger charge is 2.20. The lowest BCUT2D eigenvalue weighted by molar-refractivity contribution is 1.19. The van der Waals surface area contributed by atoms with Gasteiger partial charge in [-0.3, -0.25) is 0 Å². The van der Waals surface area contributed by atoms with E-state index in [1.165, 1.54) is 64.4 Å². The van der Waals surface area contributed by atoms with Crippen LogP contribution in [0.1, 0.15) is 5.56 Å².